The van der Waals surface area contributed by atoms with Gasteiger partial charge in [-0.05, 0) is 29.8 Å². The average Bonchev–Trinajstić information content (AvgIpc) is 3.15. The van der Waals surface area contributed by atoms with Crippen LogP contribution < -0.4 is 4.31 Å². The Hall–Kier alpha value is -2.93. The van der Waals surface area contributed by atoms with Crippen molar-refractivity contribution in [3.8, 4) is 11.5 Å². The summed E-state index contributed by atoms with van der Waals surface area (Å²) in [6, 6.07) is 16.2. The molecule has 0 amide bonds. The molecule has 0 atom stereocenters. The van der Waals surface area contributed by atoms with Gasteiger partial charge in [0, 0.05) is 11.0 Å². The van der Waals surface area contributed by atoms with E-state index in [1.807, 2.05) is 30.3 Å². The van der Waals surface area contributed by atoms with Crippen molar-refractivity contribution in [2.24, 2.45) is 0 Å². The number of benzene rings is 2. The highest BCUT2D eigenvalue weighted by Crippen LogP contribution is 2.23. The molecule has 0 bridgehead atoms. The van der Waals surface area contributed by atoms with E-state index >= 15 is 0 Å². The molecule has 0 aliphatic carbocycles. The SMILES string of the molecule is C=CS(=O)(=O)N(Cc1ccc(-c2nnco2)cc1)c1ccccc1. The van der Waals surface area contributed by atoms with Crippen LogP contribution in [0.4, 0.5) is 5.69 Å². The van der Waals surface area contributed by atoms with Crippen molar-refractivity contribution in [3.05, 3.63) is 78.5 Å². The molecule has 24 heavy (non-hydrogen) atoms. The van der Waals surface area contributed by atoms with Crippen LogP contribution >= 0.6 is 0 Å². The average molecular weight is 341 g/mol. The second-order valence-electron chi connectivity index (χ2n) is 4.99. The third-order valence-electron chi connectivity index (χ3n) is 3.45. The molecular formula is C17H15N3O3S. The van der Waals surface area contributed by atoms with Gasteiger partial charge in [0.2, 0.25) is 12.3 Å². The lowest BCUT2D eigenvalue weighted by Crippen LogP contribution is -2.28. The maximum atomic E-state index is 12.3. The van der Waals surface area contributed by atoms with Gasteiger partial charge >= 0.3 is 0 Å². The predicted molar refractivity (Wildman–Crippen MR) is 91.5 cm³/mol. The fourth-order valence-corrected chi connectivity index (χ4v) is 3.15. The molecule has 0 fully saturated rings. The second kappa shape index (κ2) is 6.67. The molecule has 1 aromatic heterocycles. The summed E-state index contributed by atoms with van der Waals surface area (Å²) in [5, 5.41) is 8.43. The van der Waals surface area contributed by atoms with Crippen LogP contribution in [0.3, 0.4) is 0 Å². The highest BCUT2D eigenvalue weighted by Gasteiger charge is 2.19. The summed E-state index contributed by atoms with van der Waals surface area (Å²) in [6.07, 6.45) is 1.26. The van der Waals surface area contributed by atoms with Gasteiger partial charge in [-0.1, -0.05) is 36.9 Å². The van der Waals surface area contributed by atoms with Crippen molar-refractivity contribution in [1.82, 2.24) is 10.2 Å². The van der Waals surface area contributed by atoms with Gasteiger partial charge in [0.05, 0.1) is 12.2 Å². The summed E-state index contributed by atoms with van der Waals surface area (Å²) >= 11 is 0. The highest BCUT2D eigenvalue weighted by atomic mass is 32.2. The van der Waals surface area contributed by atoms with E-state index in [1.54, 1.807) is 24.3 Å². The molecule has 0 saturated carbocycles. The highest BCUT2D eigenvalue weighted by molar-refractivity contribution is 7.95. The molecule has 3 aromatic rings. The van der Waals surface area contributed by atoms with Gasteiger partial charge in [-0.15, -0.1) is 10.2 Å². The molecule has 0 N–H and O–H groups in total. The summed E-state index contributed by atoms with van der Waals surface area (Å²) in [5.41, 5.74) is 2.18. The molecule has 0 unspecified atom stereocenters. The third-order valence-corrected chi connectivity index (χ3v) is 4.82. The van der Waals surface area contributed by atoms with E-state index in [-0.39, 0.29) is 6.54 Å². The zero-order chi connectivity index (χ0) is 17.0. The van der Waals surface area contributed by atoms with Gasteiger partial charge in [0.1, 0.15) is 0 Å². The van der Waals surface area contributed by atoms with E-state index in [0.717, 1.165) is 16.5 Å². The fourth-order valence-electron chi connectivity index (χ4n) is 2.23. The van der Waals surface area contributed by atoms with Gasteiger partial charge in [-0.25, -0.2) is 8.42 Å². The molecule has 0 spiro atoms. The predicted octanol–water partition coefficient (Wildman–Crippen LogP) is 3.22. The van der Waals surface area contributed by atoms with Crippen LogP contribution in [0.2, 0.25) is 0 Å². The van der Waals surface area contributed by atoms with Crippen LogP contribution in [-0.2, 0) is 16.6 Å². The third kappa shape index (κ3) is 3.36. The van der Waals surface area contributed by atoms with Gasteiger partial charge < -0.3 is 4.42 Å². The maximum absolute atomic E-state index is 12.3. The van der Waals surface area contributed by atoms with E-state index < -0.39 is 10.0 Å². The number of para-hydroxylation sites is 1. The molecule has 2 aromatic carbocycles. The zero-order valence-electron chi connectivity index (χ0n) is 12.7. The van der Waals surface area contributed by atoms with Crippen LogP contribution in [0, 0.1) is 0 Å². The van der Waals surface area contributed by atoms with Crippen molar-refractivity contribution in [1.29, 1.82) is 0 Å². The topological polar surface area (TPSA) is 76.3 Å². The Labute approximate surface area is 140 Å². The molecule has 0 aliphatic heterocycles. The summed E-state index contributed by atoms with van der Waals surface area (Å²) in [6.45, 7) is 3.61. The first-order valence-corrected chi connectivity index (χ1v) is 8.66. The lowest BCUT2D eigenvalue weighted by atomic mass is 10.1. The summed E-state index contributed by atoms with van der Waals surface area (Å²) < 4.78 is 31.1. The Kier molecular flexibility index (Phi) is 4.43. The zero-order valence-corrected chi connectivity index (χ0v) is 13.6. The van der Waals surface area contributed by atoms with Gasteiger partial charge in [-0.3, -0.25) is 4.31 Å². The molecule has 1 heterocycles. The Morgan fingerprint density at radius 2 is 1.79 bits per heavy atom. The fraction of sp³-hybridized carbons (Fsp3) is 0.0588. The van der Waals surface area contributed by atoms with E-state index in [9.17, 15) is 8.42 Å². The molecule has 0 saturated heterocycles. The largest absolute Gasteiger partial charge is 0.423 e. The number of sulfonamides is 1. The smallest absolute Gasteiger partial charge is 0.257 e. The quantitative estimate of drug-likeness (QED) is 0.688. The van der Waals surface area contributed by atoms with Crippen LogP contribution in [0.15, 0.2) is 77.4 Å². The summed E-state index contributed by atoms with van der Waals surface area (Å²) in [7, 11) is -3.61. The molecule has 122 valence electrons. The van der Waals surface area contributed by atoms with E-state index in [0.29, 0.717) is 11.6 Å². The molecular weight excluding hydrogens is 326 g/mol. The van der Waals surface area contributed by atoms with Crippen LogP contribution in [0.5, 0.6) is 0 Å². The number of rotatable bonds is 6. The van der Waals surface area contributed by atoms with Crippen LogP contribution in [0.1, 0.15) is 5.56 Å². The minimum absolute atomic E-state index is 0.197. The summed E-state index contributed by atoms with van der Waals surface area (Å²) in [5.74, 6) is 0.417. The van der Waals surface area contributed by atoms with Crippen molar-refractivity contribution >= 4 is 15.7 Å². The maximum Gasteiger partial charge on any atom is 0.257 e. The van der Waals surface area contributed by atoms with Gasteiger partial charge in [0.25, 0.3) is 10.0 Å². The monoisotopic (exact) mass is 341 g/mol. The molecule has 0 radical (unpaired) electrons. The first kappa shape index (κ1) is 15.9. The first-order valence-electron chi connectivity index (χ1n) is 7.16. The lowest BCUT2D eigenvalue weighted by Gasteiger charge is -2.22. The Balaban J connectivity index is 1.89. The van der Waals surface area contributed by atoms with Gasteiger partial charge in [-0.2, -0.15) is 0 Å². The van der Waals surface area contributed by atoms with Crippen LogP contribution in [0.25, 0.3) is 11.5 Å². The van der Waals surface area contributed by atoms with E-state index in [2.05, 4.69) is 16.8 Å². The number of hydrogen-bond acceptors (Lipinski definition) is 5. The van der Waals surface area contributed by atoms with Crippen LogP contribution in [-0.4, -0.2) is 18.6 Å². The van der Waals surface area contributed by atoms with E-state index in [1.165, 1.54) is 10.7 Å². The normalized spacial score (nSPS) is 11.2. The molecule has 6 nitrogen and oxygen atoms in total. The van der Waals surface area contributed by atoms with Crippen molar-refractivity contribution < 1.29 is 12.8 Å². The molecule has 7 heteroatoms. The number of nitrogens with zero attached hydrogens (tertiary/aromatic N) is 3. The van der Waals surface area contributed by atoms with Crippen molar-refractivity contribution in [2.45, 2.75) is 6.54 Å². The number of aromatic nitrogens is 2. The Morgan fingerprint density at radius 1 is 1.08 bits per heavy atom. The minimum Gasteiger partial charge on any atom is -0.423 e. The Bertz CT molecular complexity index is 905. The number of anilines is 1. The molecule has 3 rings (SSSR count). The van der Waals surface area contributed by atoms with E-state index in [4.69, 9.17) is 4.42 Å². The van der Waals surface area contributed by atoms with Gasteiger partial charge in [0.15, 0.2) is 0 Å². The number of hydrogen-bond donors (Lipinski definition) is 0. The van der Waals surface area contributed by atoms with Crippen molar-refractivity contribution in [2.75, 3.05) is 4.31 Å². The Morgan fingerprint density at radius 3 is 2.38 bits per heavy atom. The lowest BCUT2D eigenvalue weighted by molar-refractivity contribution is 0.568. The minimum atomic E-state index is -3.61. The van der Waals surface area contributed by atoms with Crippen molar-refractivity contribution in [3.63, 3.8) is 0 Å². The standard InChI is InChI=1S/C17H15N3O3S/c1-2-24(21,22)20(16-6-4-3-5-7-16)12-14-8-10-15(11-9-14)17-19-18-13-23-17/h2-11,13H,1,12H2. The second-order valence-corrected chi connectivity index (χ2v) is 6.80. The first-order chi connectivity index (χ1) is 11.6. The molecule has 0 aliphatic rings. The summed E-state index contributed by atoms with van der Waals surface area (Å²) in [4.78, 5) is 0.